The Morgan fingerprint density at radius 1 is 1.02 bits per heavy atom. The van der Waals surface area contributed by atoms with Gasteiger partial charge in [-0.3, -0.25) is 19.2 Å². The van der Waals surface area contributed by atoms with Gasteiger partial charge in [0.15, 0.2) is 0 Å². The first kappa shape index (κ1) is 39.4. The number of methoxy groups -OCH3 is 1. The number of nitrogens with zero attached hydrogens (tertiary/aromatic N) is 2. The summed E-state index contributed by atoms with van der Waals surface area (Å²) in [6.45, 7) is 8.31. The van der Waals surface area contributed by atoms with E-state index in [1.807, 2.05) is 63.5 Å². The van der Waals surface area contributed by atoms with Crippen LogP contribution < -0.4 is 15.4 Å². The number of aromatic nitrogens is 1. The van der Waals surface area contributed by atoms with Gasteiger partial charge < -0.3 is 39.6 Å². The highest BCUT2D eigenvalue weighted by Crippen LogP contribution is 2.28. The number of esters is 1. The molecule has 51 heavy (non-hydrogen) atoms. The zero-order chi connectivity index (χ0) is 37.0. The van der Waals surface area contributed by atoms with Crippen molar-refractivity contribution in [2.75, 3.05) is 46.7 Å². The fourth-order valence-electron chi connectivity index (χ4n) is 5.57. The Hall–Kier alpha value is -4.37. The standard InChI is InChI=1S/C37H48N4O9S/c1-24-33(51-23-39-24)27-11-9-25(10-12-27)20-38-35(45)30-19-28(42)21-41(30)36(46)34(37(2,3)4)40-31(43)22-49-14-13-48-15-16-50-29-8-6-7-26(17-29)18-32(44)47-5/h6-12,17,23,28,30,34,42H,13-16,18-22H2,1-5H3,(H,38,45)(H,40,43). The number of aryl methyl sites for hydroxylation is 1. The lowest BCUT2D eigenvalue weighted by Gasteiger charge is -2.35. The molecule has 3 N–H and O–H groups in total. The van der Waals surface area contributed by atoms with Crippen LogP contribution in [0.4, 0.5) is 0 Å². The van der Waals surface area contributed by atoms with Crippen LogP contribution in [-0.4, -0.2) is 104 Å². The van der Waals surface area contributed by atoms with E-state index in [-0.39, 0.29) is 70.8 Å². The van der Waals surface area contributed by atoms with Crippen molar-refractivity contribution in [3.05, 3.63) is 70.9 Å². The van der Waals surface area contributed by atoms with E-state index in [4.69, 9.17) is 14.2 Å². The van der Waals surface area contributed by atoms with E-state index in [1.165, 1.54) is 12.0 Å². The summed E-state index contributed by atoms with van der Waals surface area (Å²) in [5.41, 5.74) is 4.80. The predicted octanol–water partition coefficient (Wildman–Crippen LogP) is 3.06. The second-order valence-electron chi connectivity index (χ2n) is 13.4. The first-order chi connectivity index (χ1) is 24.3. The van der Waals surface area contributed by atoms with Gasteiger partial charge in [0.05, 0.1) is 55.5 Å². The lowest BCUT2D eigenvalue weighted by Crippen LogP contribution is -2.58. The summed E-state index contributed by atoms with van der Waals surface area (Å²) in [6, 6.07) is 13.2. The van der Waals surface area contributed by atoms with Crippen LogP contribution in [0.3, 0.4) is 0 Å². The smallest absolute Gasteiger partial charge is 0.309 e. The van der Waals surface area contributed by atoms with Crippen LogP contribution in [0.2, 0.25) is 0 Å². The van der Waals surface area contributed by atoms with E-state index < -0.39 is 35.4 Å². The number of amides is 3. The van der Waals surface area contributed by atoms with Crippen molar-refractivity contribution in [3.8, 4) is 16.2 Å². The fraction of sp³-hybridized carbons (Fsp3) is 0.486. The Morgan fingerprint density at radius 3 is 2.43 bits per heavy atom. The van der Waals surface area contributed by atoms with E-state index in [0.29, 0.717) is 5.75 Å². The molecular weight excluding hydrogens is 676 g/mol. The van der Waals surface area contributed by atoms with E-state index in [2.05, 4.69) is 20.4 Å². The molecule has 3 unspecified atom stereocenters. The van der Waals surface area contributed by atoms with Crippen molar-refractivity contribution in [1.82, 2.24) is 20.5 Å². The second-order valence-corrected chi connectivity index (χ2v) is 14.2. The summed E-state index contributed by atoms with van der Waals surface area (Å²) < 4.78 is 21.4. The van der Waals surface area contributed by atoms with Gasteiger partial charge in [0.25, 0.3) is 0 Å². The summed E-state index contributed by atoms with van der Waals surface area (Å²) in [7, 11) is 1.34. The first-order valence-corrected chi connectivity index (χ1v) is 17.7. The van der Waals surface area contributed by atoms with Gasteiger partial charge in [0, 0.05) is 19.5 Å². The summed E-state index contributed by atoms with van der Waals surface area (Å²) in [6.07, 6.45) is -0.611. The summed E-state index contributed by atoms with van der Waals surface area (Å²) in [5, 5.41) is 16.1. The Labute approximate surface area is 302 Å². The number of hydrogen-bond donors (Lipinski definition) is 3. The molecule has 0 radical (unpaired) electrons. The van der Waals surface area contributed by atoms with Crippen LogP contribution in [0.5, 0.6) is 5.75 Å². The molecule has 0 bridgehead atoms. The van der Waals surface area contributed by atoms with Gasteiger partial charge in [0.1, 0.15) is 31.0 Å². The van der Waals surface area contributed by atoms with Gasteiger partial charge in [-0.1, -0.05) is 57.2 Å². The monoisotopic (exact) mass is 724 g/mol. The number of β-amino-alcohol motifs (C(OH)–C–C–N with tert-alkyl or cyclic N) is 1. The molecule has 0 aliphatic carbocycles. The maximum Gasteiger partial charge on any atom is 0.309 e. The Bertz CT molecular complexity index is 1620. The number of benzene rings is 2. The van der Waals surface area contributed by atoms with Crippen LogP contribution in [0.1, 0.15) is 44.0 Å². The average Bonchev–Trinajstić information content (AvgIpc) is 3.72. The minimum Gasteiger partial charge on any atom is -0.491 e. The van der Waals surface area contributed by atoms with Gasteiger partial charge >= 0.3 is 5.97 Å². The molecule has 0 saturated carbocycles. The number of rotatable bonds is 17. The Kier molecular flexibility index (Phi) is 14.5. The van der Waals surface area contributed by atoms with Crippen molar-refractivity contribution < 1.29 is 43.2 Å². The lowest BCUT2D eigenvalue weighted by molar-refractivity contribution is -0.144. The highest BCUT2D eigenvalue weighted by Gasteiger charge is 2.44. The molecule has 1 saturated heterocycles. The Balaban J connectivity index is 1.20. The highest BCUT2D eigenvalue weighted by atomic mass is 32.1. The van der Waals surface area contributed by atoms with E-state index in [1.54, 1.807) is 29.5 Å². The largest absolute Gasteiger partial charge is 0.491 e. The van der Waals surface area contributed by atoms with Crippen LogP contribution >= 0.6 is 11.3 Å². The Morgan fingerprint density at radius 2 is 1.75 bits per heavy atom. The topological polar surface area (TPSA) is 166 Å². The van der Waals surface area contributed by atoms with E-state index in [9.17, 15) is 24.3 Å². The van der Waals surface area contributed by atoms with Gasteiger partial charge in [-0.05, 0) is 41.2 Å². The number of aliphatic hydroxyl groups excluding tert-OH is 1. The molecule has 1 fully saturated rings. The molecule has 1 aliphatic heterocycles. The minimum atomic E-state index is -0.962. The highest BCUT2D eigenvalue weighted by molar-refractivity contribution is 7.13. The zero-order valence-electron chi connectivity index (χ0n) is 29.8. The predicted molar refractivity (Wildman–Crippen MR) is 191 cm³/mol. The number of thiazole rings is 1. The fourth-order valence-corrected chi connectivity index (χ4v) is 6.38. The maximum absolute atomic E-state index is 13.8. The second kappa shape index (κ2) is 18.7. The molecule has 14 heteroatoms. The number of carbonyl (C=O) groups excluding carboxylic acids is 4. The SMILES string of the molecule is COC(=O)Cc1cccc(OCCOCCOCC(=O)NC(C(=O)N2CC(O)CC2C(=O)NCc2ccc(-c3scnc3C)cc2)C(C)(C)C)c1. The number of carbonyl (C=O) groups is 4. The first-order valence-electron chi connectivity index (χ1n) is 16.8. The molecule has 2 heterocycles. The molecule has 276 valence electrons. The van der Waals surface area contributed by atoms with Gasteiger partial charge in [-0.15, -0.1) is 11.3 Å². The molecule has 1 aromatic heterocycles. The van der Waals surface area contributed by atoms with Crippen molar-refractivity contribution in [1.29, 1.82) is 0 Å². The number of likely N-dealkylation sites (tertiary alicyclic amines) is 1. The molecule has 3 aromatic rings. The molecule has 1 aliphatic rings. The van der Waals surface area contributed by atoms with Crippen LogP contribution in [0.15, 0.2) is 54.0 Å². The number of ether oxygens (including phenoxy) is 4. The normalized spacial score (nSPS) is 16.4. The number of nitrogens with one attached hydrogen (secondary N) is 2. The third-order valence-electron chi connectivity index (χ3n) is 8.29. The number of aliphatic hydroxyl groups is 1. The number of hydrogen-bond acceptors (Lipinski definition) is 11. The van der Waals surface area contributed by atoms with Gasteiger partial charge in [0.2, 0.25) is 17.7 Å². The molecule has 2 aromatic carbocycles. The quantitative estimate of drug-likeness (QED) is 0.139. The van der Waals surface area contributed by atoms with Gasteiger partial charge in [-0.2, -0.15) is 0 Å². The lowest BCUT2D eigenvalue weighted by atomic mass is 9.85. The summed E-state index contributed by atoms with van der Waals surface area (Å²) in [4.78, 5) is 58.2. The third-order valence-corrected chi connectivity index (χ3v) is 9.27. The van der Waals surface area contributed by atoms with Crippen LogP contribution in [0.25, 0.3) is 10.4 Å². The summed E-state index contributed by atoms with van der Waals surface area (Å²) in [5.74, 6) is -1.04. The zero-order valence-corrected chi connectivity index (χ0v) is 30.6. The van der Waals surface area contributed by atoms with Crippen molar-refractivity contribution >= 4 is 35.0 Å². The van der Waals surface area contributed by atoms with Crippen LogP contribution in [-0.2, 0) is 46.4 Å². The average molecular weight is 725 g/mol. The van der Waals surface area contributed by atoms with Crippen molar-refractivity contribution in [3.63, 3.8) is 0 Å². The molecular formula is C37H48N4O9S. The van der Waals surface area contributed by atoms with E-state index in [0.717, 1.165) is 27.3 Å². The molecule has 3 amide bonds. The molecule has 13 nitrogen and oxygen atoms in total. The molecule has 4 rings (SSSR count). The summed E-state index contributed by atoms with van der Waals surface area (Å²) >= 11 is 1.57. The molecule has 0 spiro atoms. The van der Waals surface area contributed by atoms with Crippen molar-refractivity contribution in [2.45, 2.75) is 65.3 Å². The van der Waals surface area contributed by atoms with Crippen LogP contribution in [0, 0.1) is 12.3 Å². The minimum absolute atomic E-state index is 0.0151. The third kappa shape index (κ3) is 11.8. The maximum atomic E-state index is 13.8. The van der Waals surface area contributed by atoms with Gasteiger partial charge in [-0.25, -0.2) is 4.98 Å². The molecule has 3 atom stereocenters. The van der Waals surface area contributed by atoms with Crippen molar-refractivity contribution in [2.24, 2.45) is 5.41 Å². The van der Waals surface area contributed by atoms with E-state index >= 15 is 0 Å².